The number of benzene rings is 10. The monoisotopic (exact) mass is 2340 g/mol. The Morgan fingerprint density at radius 2 is 0.575 bits per heavy atom. The summed E-state index contributed by atoms with van der Waals surface area (Å²) in [4.78, 5) is 61.0. The smallest absolute Gasteiger partial charge is 0.368 e. The van der Waals surface area contributed by atoms with Gasteiger partial charge in [-0.05, 0) is 150 Å². The summed E-state index contributed by atoms with van der Waals surface area (Å²) in [6.07, 6.45) is 7.96. The van der Waals surface area contributed by atoms with Gasteiger partial charge in [0.25, 0.3) is 0 Å². The summed E-state index contributed by atoms with van der Waals surface area (Å²) >= 11 is 13.9. The van der Waals surface area contributed by atoms with Crippen molar-refractivity contribution in [3.63, 3.8) is 0 Å². The van der Waals surface area contributed by atoms with Crippen LogP contribution in [0.1, 0.15) is 124 Å². The number of tetrazole rings is 5. The Hall–Kier alpha value is -7.01. The average Bonchev–Trinajstić information content (AvgIpc) is 1.64. The molecule has 3 fully saturated rings. The second-order valence-corrected chi connectivity index (χ2v) is 32.2. The zero-order chi connectivity index (χ0) is 85.7. The Morgan fingerprint density at radius 3 is 0.906 bits per heavy atom. The molecule has 0 N–H and O–H groups in total. The topological polar surface area (TPSA) is 310 Å². The summed E-state index contributed by atoms with van der Waals surface area (Å²) in [7, 11) is 7.88. The van der Waals surface area contributed by atoms with E-state index in [2.05, 4.69) is 159 Å². The largest absolute Gasteiger partial charge is 0.514 e. The molecule has 0 saturated heterocycles. The molecule has 18 rings (SSSR count). The van der Waals surface area contributed by atoms with Crippen LogP contribution in [-0.2, 0) is 238 Å². The van der Waals surface area contributed by atoms with Gasteiger partial charge in [0, 0.05) is 260 Å². The fraction of sp³-hybridized carbons (Fsp3) is 0.261. The van der Waals surface area contributed by atoms with Gasteiger partial charge in [0.15, 0.2) is 0 Å². The molecule has 0 amide bonds. The molecule has 127 heavy (non-hydrogen) atoms. The van der Waals surface area contributed by atoms with Gasteiger partial charge in [0.1, 0.15) is 33.0 Å². The zero-order valence-corrected chi connectivity index (χ0v) is 91.0. The third-order valence-electron chi connectivity index (χ3n) is 20.4. The number of aryl methyl sites for hydroxylation is 8. The van der Waals surface area contributed by atoms with Crippen LogP contribution in [-0.4, -0.2) is 99.0 Å². The van der Waals surface area contributed by atoms with Crippen molar-refractivity contribution >= 4 is 63.7 Å². The van der Waals surface area contributed by atoms with Crippen molar-refractivity contribution in [2.45, 2.75) is 117 Å². The van der Waals surface area contributed by atoms with Gasteiger partial charge < -0.3 is 23.7 Å². The van der Waals surface area contributed by atoms with E-state index in [1.165, 1.54) is 89.2 Å². The van der Waals surface area contributed by atoms with Gasteiger partial charge in [-0.3, -0.25) is 0 Å². The van der Waals surface area contributed by atoms with E-state index in [1.807, 2.05) is 159 Å². The number of aromatic nitrogens is 20. The Labute approximate surface area is 890 Å². The van der Waals surface area contributed by atoms with E-state index < -0.39 is 0 Å². The zero-order valence-electron chi connectivity index (χ0n) is 70.5. The molecule has 5 aromatic heterocycles. The van der Waals surface area contributed by atoms with Gasteiger partial charge in [-0.1, -0.05) is 128 Å². The molecule has 0 bridgehead atoms. The predicted octanol–water partition coefficient (Wildman–Crippen LogP) is 13.6. The van der Waals surface area contributed by atoms with Crippen molar-refractivity contribution in [1.82, 2.24) is 99.0 Å². The van der Waals surface area contributed by atoms with Crippen molar-refractivity contribution in [2.24, 2.45) is 35.2 Å². The summed E-state index contributed by atoms with van der Waals surface area (Å²) < 4.78 is 45.9. The van der Waals surface area contributed by atoms with Crippen molar-refractivity contribution in [3.8, 4) is 57.2 Å². The number of nitrogens with zero attached hydrogens (tertiary/aromatic N) is 20. The number of hydrogen-bond acceptors (Lipinski definition) is 20. The molecule has 5 heterocycles. The number of halogens is 4. The van der Waals surface area contributed by atoms with Crippen LogP contribution in [0.4, 0.5) is 0 Å². The molecule has 39 heteroatoms. The molecule has 0 atom stereocenters. The average molecular weight is 2340 g/mol. The van der Waals surface area contributed by atoms with Gasteiger partial charge >= 0.3 is 28.4 Å². The van der Waals surface area contributed by atoms with Crippen LogP contribution in [0.15, 0.2) is 224 Å². The maximum atomic E-state index is 12.3. The summed E-state index contributed by atoms with van der Waals surface area (Å²) in [5.74, 6) is 5.62. The molecule has 3 aliphatic carbocycles. The van der Waals surface area contributed by atoms with Gasteiger partial charge in [0.2, 0.25) is 0 Å². The Bertz CT molecular complexity index is 6420. The first kappa shape index (κ1) is 104. The molecular formula is C88H81Br4N20O10Y5-5. The summed E-state index contributed by atoms with van der Waals surface area (Å²) in [5.41, 5.74) is 13.3. The van der Waals surface area contributed by atoms with Crippen LogP contribution >= 0.6 is 63.7 Å². The van der Waals surface area contributed by atoms with Crippen LogP contribution < -0.4 is 52.1 Å². The Balaban J connectivity index is 0.000000178. The second kappa shape index (κ2) is 48.9. The Morgan fingerprint density at radius 1 is 0.307 bits per heavy atom. The maximum Gasteiger partial charge on any atom is 0.368 e. The van der Waals surface area contributed by atoms with Crippen LogP contribution in [0.3, 0.4) is 0 Å². The summed E-state index contributed by atoms with van der Waals surface area (Å²) in [5, 5.41) is 38.7. The van der Waals surface area contributed by atoms with Crippen molar-refractivity contribution in [2.75, 3.05) is 0 Å². The first-order valence-corrected chi connectivity index (χ1v) is 42.1. The molecular weight excluding hydrogens is 2260 g/mol. The SMILES string of the molecule is CCc1cccc(-n2nnn(C)c2=O)c1COc1cc[c-]cc1Br.Cc1cccc(-n2nnn(C)c2=O)c1COc1cc[c-]cc1Br.Cc1cccc(-n2nnn(C)c2=O)c1COc1cc[c-]cc1C1CC1.Cn1nnn(-c2cccc(Br)c2COc2cc[c-]cc2C2CC2)c1=O.Cn1nnn(-c2cccc(C3CC3)c2COc2cc[c-]cc2Br)c1=O.[Y].[Y].[Y].[Y].[Y]. The van der Waals surface area contributed by atoms with Crippen molar-refractivity contribution in [1.29, 1.82) is 0 Å². The predicted molar refractivity (Wildman–Crippen MR) is 467 cm³/mol. The molecule has 641 valence electrons. The van der Waals surface area contributed by atoms with Gasteiger partial charge in [0.05, 0.1) is 28.4 Å². The van der Waals surface area contributed by atoms with E-state index >= 15 is 0 Å². The van der Waals surface area contributed by atoms with E-state index in [-0.39, 0.29) is 192 Å². The minimum absolute atomic E-state index is 0. The van der Waals surface area contributed by atoms with E-state index in [1.54, 1.807) is 65.6 Å². The van der Waals surface area contributed by atoms with Crippen molar-refractivity contribution in [3.05, 3.63) is 344 Å². The number of rotatable bonds is 24. The molecule has 10 aromatic carbocycles. The van der Waals surface area contributed by atoms with E-state index in [4.69, 9.17) is 23.7 Å². The molecule has 5 radical (unpaired) electrons. The molecule has 30 nitrogen and oxygen atoms in total. The number of hydrogen-bond donors (Lipinski definition) is 0. The fourth-order valence-electron chi connectivity index (χ4n) is 13.2. The van der Waals surface area contributed by atoms with Gasteiger partial charge in [-0.25, -0.2) is 24.0 Å². The maximum absolute atomic E-state index is 12.3. The molecule has 3 saturated carbocycles. The normalized spacial score (nSPS) is 12.2. The Kier molecular flexibility index (Phi) is 40.0. The molecule has 15 aromatic rings. The van der Waals surface area contributed by atoms with Gasteiger partial charge in [-0.15, -0.1) is 89.2 Å². The van der Waals surface area contributed by atoms with Crippen LogP contribution in [0.2, 0.25) is 0 Å². The summed E-state index contributed by atoms with van der Waals surface area (Å²) in [6.45, 7) is 7.72. The fourth-order valence-corrected chi connectivity index (χ4v) is 14.8. The third-order valence-corrected chi connectivity index (χ3v) is 23.0. The molecule has 0 aliphatic heterocycles. The van der Waals surface area contributed by atoms with E-state index in [0.29, 0.717) is 79.3 Å². The van der Waals surface area contributed by atoms with E-state index in [9.17, 15) is 24.0 Å². The van der Waals surface area contributed by atoms with Crippen LogP contribution in [0.5, 0.6) is 28.7 Å². The van der Waals surface area contributed by atoms with E-state index in [0.717, 1.165) is 110 Å². The first-order valence-electron chi connectivity index (χ1n) is 38.9. The summed E-state index contributed by atoms with van der Waals surface area (Å²) in [6, 6.07) is 71.9. The number of ether oxygens (including phenoxy) is 5. The second-order valence-electron chi connectivity index (χ2n) is 28.7. The first-order chi connectivity index (χ1) is 59.1. The third kappa shape index (κ3) is 25.9. The standard InChI is InChI=1S/C19H19N4O2.2C18H16BrN4O2.C17H16BrN4O2.C16H14BrN4O2.5Y/c1-13-6-5-8-17(23-19(24)22(2)20-21-23)16(13)12-25-18-9-4-3-7-15(18)14-10-11-14;1-22-18(24)23(21-20-22)16-7-4-5-13(12-9-10-12)14(16)11-25-17-8-3-2-6-15(17)19;1-22-18(24)23(21-20-22)16-7-4-6-15(19)14(16)11-25-17-8-3-2-5-13(17)12-9-10-12;1-3-12-7-6-9-15(22-17(23)21(2)19-20-22)13(12)11-24-16-10-5-4-8-14(16)18;1-11-6-5-8-14(21-16(22)20(2)18-19-21)12(11)10-23-15-9-4-3-7-13(15)17;;;;;/h4-9,14H,10-12H2,1-2H3;2*3-8,12H,9-11H2,1H3;5-10H,3,11H2,1-2H3;4-9H,10H2,1-2H3;;;;;/q5*-1;;;;;. The minimum atomic E-state index is -0.299. The molecule has 0 spiro atoms. The molecule has 3 aliphatic rings. The quantitative estimate of drug-likeness (QED) is 0.0507. The van der Waals surface area contributed by atoms with Crippen LogP contribution in [0, 0.1) is 44.2 Å². The van der Waals surface area contributed by atoms with Gasteiger partial charge in [-0.2, -0.15) is 138 Å². The van der Waals surface area contributed by atoms with Crippen LogP contribution in [0.25, 0.3) is 28.4 Å². The van der Waals surface area contributed by atoms with Crippen molar-refractivity contribution < 1.29 is 187 Å². The minimum Gasteiger partial charge on any atom is -0.514 e. The molecule has 0 unspecified atom stereocenters.